The van der Waals surface area contributed by atoms with E-state index in [9.17, 15) is 0 Å². The predicted octanol–water partition coefficient (Wildman–Crippen LogP) is -0.165. The summed E-state index contributed by atoms with van der Waals surface area (Å²) in [5.74, 6) is 0. The SMILES string of the molecule is C1COCCO1.N=C=O.N=C=O. The van der Waals surface area contributed by atoms with Crippen LogP contribution in [0.4, 0.5) is 0 Å². The van der Waals surface area contributed by atoms with E-state index in [1.54, 1.807) is 0 Å². The van der Waals surface area contributed by atoms with Crippen molar-refractivity contribution >= 4 is 12.2 Å². The minimum atomic E-state index is 0.750. The number of carbonyl (C=O) groups excluding carboxylic acids is 2. The summed E-state index contributed by atoms with van der Waals surface area (Å²) >= 11 is 0. The molecule has 1 saturated heterocycles. The lowest BCUT2D eigenvalue weighted by atomic mass is 10.6. The van der Waals surface area contributed by atoms with Gasteiger partial charge in [0.25, 0.3) is 0 Å². The van der Waals surface area contributed by atoms with Crippen LogP contribution < -0.4 is 0 Å². The van der Waals surface area contributed by atoms with E-state index in [0.29, 0.717) is 0 Å². The summed E-state index contributed by atoms with van der Waals surface area (Å²) in [6.07, 6.45) is 1.50. The van der Waals surface area contributed by atoms with Crippen LogP contribution in [0.1, 0.15) is 0 Å². The van der Waals surface area contributed by atoms with E-state index < -0.39 is 0 Å². The Bertz CT molecular complexity index is 120. The highest BCUT2D eigenvalue weighted by Gasteiger charge is 1.94. The van der Waals surface area contributed by atoms with Crippen molar-refractivity contribution in [3.05, 3.63) is 0 Å². The molecule has 0 amide bonds. The molecule has 6 nitrogen and oxygen atoms in total. The highest BCUT2D eigenvalue weighted by Crippen LogP contribution is 1.85. The normalized spacial score (nSPS) is 13.3. The summed E-state index contributed by atoms with van der Waals surface area (Å²) in [4.78, 5) is 16.7. The first-order chi connectivity index (χ1) is 5.83. The molecule has 0 aromatic heterocycles. The van der Waals surface area contributed by atoms with Crippen LogP contribution in [0.3, 0.4) is 0 Å². The Labute approximate surface area is 69.5 Å². The van der Waals surface area contributed by atoms with Gasteiger partial charge in [0.05, 0.1) is 26.4 Å². The molecule has 0 saturated carbocycles. The first-order valence-corrected chi connectivity index (χ1v) is 3.06. The van der Waals surface area contributed by atoms with E-state index in [-0.39, 0.29) is 0 Å². The van der Waals surface area contributed by atoms with Gasteiger partial charge in [0.1, 0.15) is 0 Å². The van der Waals surface area contributed by atoms with Crippen molar-refractivity contribution in [2.45, 2.75) is 0 Å². The Balaban J connectivity index is 0. The van der Waals surface area contributed by atoms with Crippen LogP contribution in [0.25, 0.3) is 0 Å². The lowest BCUT2D eigenvalue weighted by molar-refractivity contribution is -0.0334. The molecule has 6 heteroatoms. The number of isocyanates is 2. The van der Waals surface area contributed by atoms with Crippen molar-refractivity contribution in [1.29, 1.82) is 10.8 Å². The third-order valence-electron chi connectivity index (χ3n) is 0.744. The number of ether oxygens (including phenoxy) is 2. The average molecular weight is 174 g/mol. The first kappa shape index (κ1) is 13.3. The maximum Gasteiger partial charge on any atom is 0.231 e. The predicted molar refractivity (Wildman–Crippen MR) is 38.5 cm³/mol. The number of hydrogen-bond acceptors (Lipinski definition) is 6. The van der Waals surface area contributed by atoms with Gasteiger partial charge in [-0.1, -0.05) is 0 Å². The molecule has 68 valence electrons. The maximum atomic E-state index is 8.35. The molecule has 1 aliphatic heterocycles. The molecule has 1 aliphatic rings. The fourth-order valence-corrected chi connectivity index (χ4v) is 0.440. The van der Waals surface area contributed by atoms with Crippen molar-refractivity contribution in [2.24, 2.45) is 0 Å². The molecule has 1 heterocycles. The highest BCUT2D eigenvalue weighted by molar-refractivity contribution is 5.26. The molecule has 12 heavy (non-hydrogen) atoms. The first-order valence-electron chi connectivity index (χ1n) is 3.06. The number of nitrogens with one attached hydrogen (secondary N) is 2. The van der Waals surface area contributed by atoms with E-state index in [0.717, 1.165) is 38.6 Å². The lowest BCUT2D eigenvalue weighted by Gasteiger charge is -2.09. The molecule has 0 atom stereocenters. The Morgan fingerprint density at radius 3 is 1.08 bits per heavy atom. The smallest absolute Gasteiger partial charge is 0.231 e. The average Bonchev–Trinajstić information content (AvgIpc) is 2.10. The van der Waals surface area contributed by atoms with Gasteiger partial charge in [0.2, 0.25) is 12.2 Å². The number of rotatable bonds is 0. The zero-order chi connectivity index (χ0) is 9.66. The maximum absolute atomic E-state index is 8.35. The zero-order valence-electron chi connectivity index (χ0n) is 6.46. The van der Waals surface area contributed by atoms with Crippen molar-refractivity contribution in [3.8, 4) is 0 Å². The Kier molecular flexibility index (Phi) is 18.1. The third-order valence-corrected chi connectivity index (χ3v) is 0.744. The van der Waals surface area contributed by atoms with Crippen LogP contribution in [0.5, 0.6) is 0 Å². The Hall–Kier alpha value is -1.32. The quantitative estimate of drug-likeness (QED) is 0.393. The highest BCUT2D eigenvalue weighted by atomic mass is 16.6. The van der Waals surface area contributed by atoms with Gasteiger partial charge >= 0.3 is 0 Å². The van der Waals surface area contributed by atoms with Crippen molar-refractivity contribution in [2.75, 3.05) is 26.4 Å². The molecule has 1 fully saturated rings. The summed E-state index contributed by atoms with van der Waals surface area (Å²) in [5, 5.41) is 10.8. The van der Waals surface area contributed by atoms with Gasteiger partial charge in [-0.25, -0.2) is 20.4 Å². The molecule has 0 unspecified atom stereocenters. The molecule has 0 radical (unpaired) electrons. The molecular weight excluding hydrogens is 164 g/mol. The summed E-state index contributed by atoms with van der Waals surface area (Å²) < 4.78 is 9.89. The molecular formula is C6H10N2O4. The second kappa shape index (κ2) is 16.3. The monoisotopic (exact) mass is 174 g/mol. The van der Waals surface area contributed by atoms with Crippen LogP contribution >= 0.6 is 0 Å². The van der Waals surface area contributed by atoms with E-state index in [1.165, 1.54) is 0 Å². The second-order valence-electron chi connectivity index (χ2n) is 1.43. The summed E-state index contributed by atoms with van der Waals surface area (Å²) in [6, 6.07) is 0. The van der Waals surface area contributed by atoms with Crippen LogP contribution in [0, 0.1) is 10.8 Å². The van der Waals surface area contributed by atoms with Crippen LogP contribution in [-0.4, -0.2) is 38.6 Å². The second-order valence-corrected chi connectivity index (χ2v) is 1.43. The molecule has 2 N–H and O–H groups in total. The Morgan fingerprint density at radius 2 is 1.00 bits per heavy atom. The molecule has 0 aliphatic carbocycles. The van der Waals surface area contributed by atoms with Crippen molar-refractivity contribution in [1.82, 2.24) is 0 Å². The van der Waals surface area contributed by atoms with Crippen molar-refractivity contribution in [3.63, 3.8) is 0 Å². The van der Waals surface area contributed by atoms with E-state index in [1.807, 2.05) is 0 Å². The minimum Gasteiger partial charge on any atom is -0.377 e. The van der Waals surface area contributed by atoms with Gasteiger partial charge in [-0.05, 0) is 0 Å². The molecule has 0 aromatic carbocycles. The largest absolute Gasteiger partial charge is 0.377 e. The van der Waals surface area contributed by atoms with E-state index in [4.69, 9.17) is 29.9 Å². The van der Waals surface area contributed by atoms with Crippen molar-refractivity contribution < 1.29 is 19.1 Å². The molecule has 1 rings (SSSR count). The van der Waals surface area contributed by atoms with Gasteiger partial charge in [-0.15, -0.1) is 0 Å². The van der Waals surface area contributed by atoms with Gasteiger partial charge < -0.3 is 9.47 Å². The minimum absolute atomic E-state index is 0.750. The molecule has 0 spiro atoms. The van der Waals surface area contributed by atoms with Crippen LogP contribution in [-0.2, 0) is 19.1 Å². The topological polar surface area (TPSA) is 100 Å². The standard InChI is InChI=1S/C4H8O2.2CHNO/c1-2-6-4-3-5-1;2*2-1-3/h1-4H2;2*2H. The van der Waals surface area contributed by atoms with Gasteiger partial charge in [0, 0.05) is 0 Å². The summed E-state index contributed by atoms with van der Waals surface area (Å²) in [6.45, 7) is 3.11. The van der Waals surface area contributed by atoms with Gasteiger partial charge in [-0.2, -0.15) is 0 Å². The third kappa shape index (κ3) is 23.4. The van der Waals surface area contributed by atoms with Gasteiger partial charge in [0.15, 0.2) is 0 Å². The summed E-state index contributed by atoms with van der Waals surface area (Å²) in [5.41, 5.74) is 0. The van der Waals surface area contributed by atoms with Gasteiger partial charge in [-0.3, -0.25) is 0 Å². The molecule has 0 bridgehead atoms. The lowest BCUT2D eigenvalue weighted by Crippen LogP contribution is -2.16. The Morgan fingerprint density at radius 1 is 0.833 bits per heavy atom. The summed E-state index contributed by atoms with van der Waals surface area (Å²) in [7, 11) is 0. The fraction of sp³-hybridized carbons (Fsp3) is 0.667. The number of hydrogen-bond donors (Lipinski definition) is 2. The fourth-order valence-electron chi connectivity index (χ4n) is 0.440. The van der Waals surface area contributed by atoms with E-state index >= 15 is 0 Å². The van der Waals surface area contributed by atoms with Crippen LogP contribution in [0.2, 0.25) is 0 Å². The molecule has 0 aromatic rings. The van der Waals surface area contributed by atoms with E-state index in [2.05, 4.69) is 0 Å². The zero-order valence-corrected chi connectivity index (χ0v) is 6.46. The van der Waals surface area contributed by atoms with Crippen LogP contribution in [0.15, 0.2) is 0 Å².